The minimum Gasteiger partial charge on any atom is -0.309 e. The molecule has 0 fully saturated rings. The van der Waals surface area contributed by atoms with E-state index in [1.54, 1.807) is 0 Å². The summed E-state index contributed by atoms with van der Waals surface area (Å²) >= 11 is 0. The fourth-order valence-corrected chi connectivity index (χ4v) is 10.8. The van der Waals surface area contributed by atoms with Crippen LogP contribution in [0.1, 0.15) is 0 Å². The van der Waals surface area contributed by atoms with Crippen LogP contribution in [0.3, 0.4) is 0 Å². The summed E-state index contributed by atoms with van der Waals surface area (Å²) in [6, 6.07) is 83.3. The molecule has 3 aromatic heterocycles. The Balaban J connectivity index is 1.03. The highest BCUT2D eigenvalue weighted by molar-refractivity contribution is 6.33. The van der Waals surface area contributed by atoms with Gasteiger partial charge in [0, 0.05) is 54.5 Å². The van der Waals surface area contributed by atoms with Crippen molar-refractivity contribution in [1.29, 1.82) is 0 Å². The minimum atomic E-state index is 0.721. The van der Waals surface area contributed by atoms with Crippen LogP contribution in [0.5, 0.6) is 0 Å². The van der Waals surface area contributed by atoms with Gasteiger partial charge in [0.05, 0.1) is 39.0 Å². The van der Waals surface area contributed by atoms with Crippen LogP contribution >= 0.6 is 0 Å². The van der Waals surface area contributed by atoms with E-state index >= 15 is 0 Å². The molecule has 0 N–H and O–H groups in total. The Kier molecular flexibility index (Phi) is 7.95. The maximum Gasteiger partial charge on any atom is 0.160 e. The molecule has 0 unspecified atom stereocenters. The molecule has 4 heteroatoms. The number of rotatable bonds is 5. The van der Waals surface area contributed by atoms with E-state index in [-0.39, 0.29) is 0 Å². The van der Waals surface area contributed by atoms with E-state index in [1.165, 1.54) is 75.9 Å². The summed E-state index contributed by atoms with van der Waals surface area (Å²) < 4.78 is 4.99. The summed E-state index contributed by atoms with van der Waals surface area (Å²) in [5.41, 5.74) is 13.2. The van der Waals surface area contributed by atoms with Crippen molar-refractivity contribution in [1.82, 2.24) is 19.1 Å². The van der Waals surface area contributed by atoms with E-state index < -0.39 is 0 Å². The van der Waals surface area contributed by atoms with Gasteiger partial charge in [-0.2, -0.15) is 0 Å². The van der Waals surface area contributed by atoms with Gasteiger partial charge in [-0.1, -0.05) is 182 Å². The van der Waals surface area contributed by atoms with Crippen molar-refractivity contribution in [3.8, 4) is 45.1 Å². The van der Waals surface area contributed by atoms with Gasteiger partial charge in [0.1, 0.15) is 0 Å². The predicted octanol–water partition coefficient (Wildman–Crippen LogP) is 16.3. The Morgan fingerprint density at radius 3 is 1.65 bits per heavy atom. The van der Waals surface area contributed by atoms with E-state index in [2.05, 4.69) is 221 Å². The normalized spacial score (nSPS) is 11.9. The highest BCUT2D eigenvalue weighted by atomic mass is 15.0. The van der Waals surface area contributed by atoms with Crippen LogP contribution in [0.4, 0.5) is 0 Å². The third-order valence-electron chi connectivity index (χ3n) is 13.7. The Morgan fingerprint density at radius 1 is 0.303 bits per heavy atom. The molecular weight excluding hydrogens is 801 g/mol. The van der Waals surface area contributed by atoms with Crippen LogP contribution in [0.15, 0.2) is 231 Å². The van der Waals surface area contributed by atoms with E-state index in [1.807, 2.05) is 18.2 Å². The molecule has 0 aliphatic carbocycles. The van der Waals surface area contributed by atoms with Crippen molar-refractivity contribution >= 4 is 86.8 Å². The van der Waals surface area contributed by atoms with Crippen LogP contribution in [-0.4, -0.2) is 19.1 Å². The Hall–Kier alpha value is -8.86. The second-order valence-corrected chi connectivity index (χ2v) is 17.3. The molecule has 3 heterocycles. The van der Waals surface area contributed by atoms with Gasteiger partial charge in [-0.15, -0.1) is 0 Å². The molecule has 0 saturated carbocycles. The Morgan fingerprint density at radius 2 is 0.894 bits per heavy atom. The number of aromatic nitrogens is 4. The topological polar surface area (TPSA) is 35.6 Å². The fourth-order valence-electron chi connectivity index (χ4n) is 10.8. The van der Waals surface area contributed by atoms with Gasteiger partial charge in [0.25, 0.3) is 0 Å². The SMILES string of the molecule is c1ccc(-c2nc(-c3ccccc3)c3cc(-c4ccc(-n5c6ccccc6c6cc7c8c9ccccc9c9ccccc9c8n(-c8ccccc8)c7cc65)c5ccccc45)ccc3n2)cc1. The maximum atomic E-state index is 5.22. The summed E-state index contributed by atoms with van der Waals surface area (Å²) in [5, 5.41) is 13.4. The first-order valence-corrected chi connectivity index (χ1v) is 22.6. The number of fused-ring (bicyclic) bond motifs is 13. The second kappa shape index (κ2) is 14.3. The zero-order chi connectivity index (χ0) is 43.3. The summed E-state index contributed by atoms with van der Waals surface area (Å²) in [5.74, 6) is 0.721. The van der Waals surface area contributed by atoms with Gasteiger partial charge in [-0.25, -0.2) is 9.97 Å². The van der Waals surface area contributed by atoms with Crippen LogP contribution in [0.25, 0.3) is 132 Å². The highest BCUT2D eigenvalue weighted by Gasteiger charge is 2.23. The Bertz CT molecular complexity index is 4260. The van der Waals surface area contributed by atoms with Crippen molar-refractivity contribution in [3.05, 3.63) is 231 Å². The lowest BCUT2D eigenvalue weighted by molar-refractivity contribution is 1.18. The zero-order valence-corrected chi connectivity index (χ0v) is 35.7. The van der Waals surface area contributed by atoms with Crippen molar-refractivity contribution in [2.45, 2.75) is 0 Å². The van der Waals surface area contributed by atoms with Gasteiger partial charge in [0.2, 0.25) is 0 Å². The Labute approximate surface area is 379 Å². The van der Waals surface area contributed by atoms with E-state index in [4.69, 9.17) is 9.97 Å². The van der Waals surface area contributed by atoms with Gasteiger partial charge in [-0.05, 0) is 81.2 Å². The van der Waals surface area contributed by atoms with Crippen LogP contribution in [-0.2, 0) is 0 Å². The molecule has 14 aromatic rings. The number of para-hydroxylation sites is 2. The smallest absolute Gasteiger partial charge is 0.160 e. The van der Waals surface area contributed by atoms with E-state index in [0.29, 0.717) is 0 Å². The monoisotopic (exact) mass is 838 g/mol. The summed E-state index contributed by atoms with van der Waals surface area (Å²) in [7, 11) is 0. The number of benzene rings is 11. The lowest BCUT2D eigenvalue weighted by atomic mass is 9.95. The zero-order valence-electron chi connectivity index (χ0n) is 35.7. The molecule has 0 saturated heterocycles. The first kappa shape index (κ1) is 36.6. The number of hydrogen-bond donors (Lipinski definition) is 0. The third kappa shape index (κ3) is 5.39. The lowest BCUT2D eigenvalue weighted by Crippen LogP contribution is -1.98. The summed E-state index contributed by atoms with van der Waals surface area (Å²) in [6.45, 7) is 0. The van der Waals surface area contributed by atoms with Gasteiger partial charge in [0.15, 0.2) is 5.82 Å². The van der Waals surface area contributed by atoms with Crippen LogP contribution < -0.4 is 0 Å². The molecule has 11 aromatic carbocycles. The van der Waals surface area contributed by atoms with Crippen LogP contribution in [0.2, 0.25) is 0 Å². The maximum absolute atomic E-state index is 5.22. The van der Waals surface area contributed by atoms with Crippen molar-refractivity contribution < 1.29 is 0 Å². The van der Waals surface area contributed by atoms with Crippen LogP contribution in [0, 0.1) is 0 Å². The summed E-state index contributed by atoms with van der Waals surface area (Å²) in [4.78, 5) is 10.3. The molecule has 306 valence electrons. The van der Waals surface area contributed by atoms with Gasteiger partial charge in [-0.3, -0.25) is 0 Å². The molecule has 0 spiro atoms. The first-order chi connectivity index (χ1) is 32.8. The molecular formula is C62H38N4. The number of nitrogens with zero attached hydrogens (tertiary/aromatic N) is 4. The molecule has 66 heavy (non-hydrogen) atoms. The second-order valence-electron chi connectivity index (χ2n) is 17.3. The first-order valence-electron chi connectivity index (χ1n) is 22.6. The predicted molar refractivity (Wildman–Crippen MR) is 277 cm³/mol. The quantitative estimate of drug-likeness (QED) is 0.162. The van der Waals surface area contributed by atoms with Crippen molar-refractivity contribution in [2.75, 3.05) is 0 Å². The fraction of sp³-hybridized carbons (Fsp3) is 0. The van der Waals surface area contributed by atoms with Crippen molar-refractivity contribution in [2.24, 2.45) is 0 Å². The number of hydrogen-bond acceptors (Lipinski definition) is 2. The third-order valence-corrected chi connectivity index (χ3v) is 13.7. The van der Waals surface area contributed by atoms with Crippen molar-refractivity contribution in [3.63, 3.8) is 0 Å². The molecule has 0 radical (unpaired) electrons. The molecule has 14 rings (SSSR count). The van der Waals surface area contributed by atoms with E-state index in [0.717, 1.165) is 56.0 Å². The molecule has 0 aliphatic rings. The average Bonchev–Trinajstić information content (AvgIpc) is 3.90. The highest BCUT2D eigenvalue weighted by Crippen LogP contribution is 2.46. The largest absolute Gasteiger partial charge is 0.309 e. The van der Waals surface area contributed by atoms with E-state index in [9.17, 15) is 0 Å². The molecule has 4 nitrogen and oxygen atoms in total. The molecule has 0 aliphatic heterocycles. The average molecular weight is 839 g/mol. The molecule has 0 atom stereocenters. The molecule has 0 amide bonds. The lowest BCUT2D eigenvalue weighted by Gasteiger charge is -2.16. The minimum absolute atomic E-state index is 0.721. The van der Waals surface area contributed by atoms with Gasteiger partial charge >= 0.3 is 0 Å². The van der Waals surface area contributed by atoms with Gasteiger partial charge < -0.3 is 9.13 Å². The molecule has 0 bridgehead atoms. The standard InChI is InChI=1S/C62H38N4/c1-4-18-39(19-5-1)60-52-36-41(32-34-54(52)63-62(64-60)40-20-6-2-7-21-40)43-33-35-56(47-27-13-10-24-44(43)47)66-55-31-17-16-28-48(55)51-37-53-58(38-57(51)66)65(42-22-8-3-9-23-42)61-50-30-15-12-26-46(50)45-25-11-14-29-49(45)59(53)61/h1-38H. The summed E-state index contributed by atoms with van der Waals surface area (Å²) in [6.07, 6.45) is 0.